The molecule has 0 aromatic heterocycles. The zero-order valence-corrected chi connectivity index (χ0v) is 12.0. The van der Waals surface area contributed by atoms with Crippen molar-refractivity contribution in [2.24, 2.45) is 11.4 Å². The predicted molar refractivity (Wildman–Crippen MR) is 66.6 cm³/mol. The van der Waals surface area contributed by atoms with Crippen LogP contribution in [0.1, 0.15) is 25.7 Å². The molecule has 1 rings (SSSR count). The van der Waals surface area contributed by atoms with E-state index in [1.54, 1.807) is 0 Å². The van der Waals surface area contributed by atoms with Crippen LogP contribution in [0.4, 0.5) is 0 Å². The summed E-state index contributed by atoms with van der Waals surface area (Å²) in [6.45, 7) is 0. The van der Waals surface area contributed by atoms with Gasteiger partial charge in [-0.3, -0.25) is 10.1 Å². The van der Waals surface area contributed by atoms with E-state index in [0.717, 1.165) is 25.7 Å². The fourth-order valence-corrected chi connectivity index (χ4v) is 4.07. The van der Waals surface area contributed by atoms with Crippen LogP contribution in [-0.4, -0.2) is 31.4 Å². The van der Waals surface area contributed by atoms with Gasteiger partial charge in [-0.05, 0) is 31.6 Å². The highest BCUT2D eigenvalue weighted by molar-refractivity contribution is 7.53. The lowest BCUT2D eigenvalue weighted by Crippen LogP contribution is -2.23. The lowest BCUT2D eigenvalue weighted by Gasteiger charge is -2.29. The summed E-state index contributed by atoms with van der Waals surface area (Å²) in [5.41, 5.74) is 5.22. The summed E-state index contributed by atoms with van der Waals surface area (Å²) < 4.78 is 27.0. The molecule has 0 amide bonds. The summed E-state index contributed by atoms with van der Waals surface area (Å²) in [6.07, 6.45) is 3.92. The van der Waals surface area contributed by atoms with Crippen molar-refractivity contribution in [2.75, 3.05) is 20.4 Å². The minimum absolute atomic E-state index is 0.0248. The van der Waals surface area contributed by atoms with Crippen LogP contribution in [0.25, 0.3) is 0 Å². The van der Waals surface area contributed by atoms with Crippen LogP contribution in [0.15, 0.2) is 0 Å². The highest BCUT2D eigenvalue weighted by atomic mass is 31.2. The minimum atomic E-state index is -2.91. The van der Waals surface area contributed by atoms with Gasteiger partial charge in [0.15, 0.2) is 0 Å². The second-order valence-electron chi connectivity index (χ2n) is 4.21. The Labute approximate surface area is 103 Å². The fourth-order valence-electron chi connectivity index (χ4n) is 2.11. The zero-order chi connectivity index (χ0) is 12.9. The standard InChI is InChI=1S/C9H21NO5P2/c1-13-17(12,14-2)7-8-3-5-9(6-4-8)15-16(10)11/h8-9,11H,3-7,10H2,1-2H3. The average molecular weight is 285 g/mol. The maximum atomic E-state index is 11.9. The highest BCUT2D eigenvalue weighted by Crippen LogP contribution is 2.50. The first-order valence-electron chi connectivity index (χ1n) is 5.60. The quantitative estimate of drug-likeness (QED) is 0.727. The molecule has 1 fully saturated rings. The summed E-state index contributed by atoms with van der Waals surface area (Å²) in [5.74, 6) is 0.322. The molecule has 1 aliphatic rings. The Hall–Kier alpha value is 0.460. The van der Waals surface area contributed by atoms with Gasteiger partial charge >= 0.3 is 7.60 Å². The Morgan fingerprint density at radius 2 is 1.82 bits per heavy atom. The first-order valence-corrected chi connectivity index (χ1v) is 8.61. The van der Waals surface area contributed by atoms with Crippen LogP contribution in [0.3, 0.4) is 0 Å². The van der Waals surface area contributed by atoms with Crippen molar-refractivity contribution in [2.45, 2.75) is 31.8 Å². The molecule has 0 spiro atoms. The molecule has 1 atom stereocenters. The second-order valence-corrected chi connectivity index (χ2v) is 7.34. The summed E-state index contributed by atoms with van der Waals surface area (Å²) >= 11 is 0. The largest absolute Gasteiger partial charge is 0.338 e. The van der Waals surface area contributed by atoms with E-state index in [9.17, 15) is 4.57 Å². The molecule has 8 heteroatoms. The van der Waals surface area contributed by atoms with E-state index in [-0.39, 0.29) is 6.10 Å². The van der Waals surface area contributed by atoms with Gasteiger partial charge in [-0.2, -0.15) is 0 Å². The van der Waals surface area contributed by atoms with Gasteiger partial charge in [-0.15, -0.1) is 0 Å². The van der Waals surface area contributed by atoms with E-state index in [2.05, 4.69) is 0 Å². The molecule has 0 saturated heterocycles. The molecular weight excluding hydrogens is 264 g/mol. The molecule has 0 aromatic carbocycles. The van der Waals surface area contributed by atoms with Crippen LogP contribution < -0.4 is 5.50 Å². The van der Waals surface area contributed by atoms with Crippen molar-refractivity contribution < 1.29 is 23.0 Å². The van der Waals surface area contributed by atoms with E-state index in [0.29, 0.717) is 12.1 Å². The van der Waals surface area contributed by atoms with E-state index < -0.39 is 16.1 Å². The average Bonchev–Trinajstić information content (AvgIpc) is 2.31. The summed E-state index contributed by atoms with van der Waals surface area (Å²) in [7, 11) is -1.86. The molecule has 1 saturated carbocycles. The van der Waals surface area contributed by atoms with Gasteiger partial charge in [-0.25, -0.2) is 0 Å². The van der Waals surface area contributed by atoms with Gasteiger partial charge in [0.25, 0.3) is 0 Å². The zero-order valence-electron chi connectivity index (χ0n) is 10.2. The molecule has 0 bridgehead atoms. The topological polar surface area (TPSA) is 91.0 Å². The van der Waals surface area contributed by atoms with Crippen molar-refractivity contribution in [3.05, 3.63) is 0 Å². The van der Waals surface area contributed by atoms with Crippen LogP contribution in [0.5, 0.6) is 0 Å². The van der Waals surface area contributed by atoms with Crippen molar-refractivity contribution >= 4 is 16.1 Å². The molecule has 1 unspecified atom stereocenters. The SMILES string of the molecule is COP(=O)(CC1CCC(OP(N)O)CC1)OC. The molecule has 0 heterocycles. The molecule has 0 aromatic rings. The monoisotopic (exact) mass is 285 g/mol. The van der Waals surface area contributed by atoms with Gasteiger partial charge < -0.3 is 18.5 Å². The van der Waals surface area contributed by atoms with E-state index >= 15 is 0 Å². The lowest BCUT2D eigenvalue weighted by atomic mass is 9.89. The van der Waals surface area contributed by atoms with Crippen LogP contribution in [0, 0.1) is 5.92 Å². The maximum absolute atomic E-state index is 11.9. The second kappa shape index (κ2) is 7.15. The highest BCUT2D eigenvalue weighted by Gasteiger charge is 2.30. The third kappa shape index (κ3) is 5.31. The molecule has 1 aliphatic carbocycles. The number of hydrogen-bond acceptors (Lipinski definition) is 6. The molecule has 3 N–H and O–H groups in total. The van der Waals surface area contributed by atoms with Gasteiger partial charge in [0.2, 0.25) is 8.53 Å². The third-order valence-corrected chi connectivity index (χ3v) is 5.68. The van der Waals surface area contributed by atoms with Crippen molar-refractivity contribution in [1.82, 2.24) is 0 Å². The van der Waals surface area contributed by atoms with Gasteiger partial charge in [-0.1, -0.05) is 0 Å². The molecule has 0 radical (unpaired) electrons. The van der Waals surface area contributed by atoms with Crippen LogP contribution in [-0.2, 0) is 18.1 Å². The smallest absolute Gasteiger partial charge is 0.330 e. The predicted octanol–water partition coefficient (Wildman–Crippen LogP) is 2.23. The number of nitrogens with two attached hydrogens (primary N) is 1. The van der Waals surface area contributed by atoms with Crippen molar-refractivity contribution in [3.8, 4) is 0 Å². The van der Waals surface area contributed by atoms with E-state index in [1.807, 2.05) is 0 Å². The van der Waals surface area contributed by atoms with Gasteiger partial charge in [0.1, 0.15) is 0 Å². The molecule has 102 valence electrons. The maximum Gasteiger partial charge on any atom is 0.330 e. The Kier molecular flexibility index (Phi) is 6.52. The third-order valence-electron chi connectivity index (χ3n) is 3.09. The van der Waals surface area contributed by atoms with E-state index in [4.69, 9.17) is 24.0 Å². The molecular formula is C9H21NO5P2. The minimum Gasteiger partial charge on any atom is -0.338 e. The summed E-state index contributed by atoms with van der Waals surface area (Å²) in [4.78, 5) is 8.97. The molecule has 0 aliphatic heterocycles. The Balaban J connectivity index is 2.34. The first kappa shape index (κ1) is 15.5. The normalized spacial score (nSPS) is 28.0. The van der Waals surface area contributed by atoms with Crippen LogP contribution >= 0.6 is 16.1 Å². The van der Waals surface area contributed by atoms with Gasteiger partial charge in [0, 0.05) is 14.2 Å². The molecule has 17 heavy (non-hydrogen) atoms. The van der Waals surface area contributed by atoms with Gasteiger partial charge in [0.05, 0.1) is 12.3 Å². The van der Waals surface area contributed by atoms with E-state index in [1.165, 1.54) is 14.2 Å². The fraction of sp³-hybridized carbons (Fsp3) is 1.00. The number of hydrogen-bond donors (Lipinski definition) is 2. The van der Waals surface area contributed by atoms with Crippen LogP contribution in [0.2, 0.25) is 0 Å². The van der Waals surface area contributed by atoms with Crippen molar-refractivity contribution in [1.29, 1.82) is 0 Å². The summed E-state index contributed by atoms with van der Waals surface area (Å²) in [5, 5.41) is 0. The lowest BCUT2D eigenvalue weighted by molar-refractivity contribution is 0.135. The Morgan fingerprint density at radius 1 is 1.29 bits per heavy atom. The Morgan fingerprint density at radius 3 is 2.24 bits per heavy atom. The summed E-state index contributed by atoms with van der Waals surface area (Å²) in [6, 6.07) is 0. The van der Waals surface area contributed by atoms with Crippen molar-refractivity contribution in [3.63, 3.8) is 0 Å². The number of rotatable bonds is 6. The first-order chi connectivity index (χ1) is 7.99. The molecule has 6 nitrogen and oxygen atoms in total. The Bertz CT molecular complexity index is 260.